The smallest absolute Gasteiger partial charge is 0.107 e. The van der Waals surface area contributed by atoms with E-state index < -0.39 is 0 Å². The Balaban J connectivity index is 1.70. The molecule has 0 bridgehead atoms. The van der Waals surface area contributed by atoms with Crippen molar-refractivity contribution >= 4 is 0 Å². The zero-order valence-electron chi connectivity index (χ0n) is 12.2. The van der Waals surface area contributed by atoms with E-state index in [1.165, 1.54) is 25.9 Å². The van der Waals surface area contributed by atoms with Gasteiger partial charge in [0.2, 0.25) is 0 Å². The fourth-order valence-electron chi connectivity index (χ4n) is 2.78. The van der Waals surface area contributed by atoms with Crippen molar-refractivity contribution in [1.82, 2.24) is 19.4 Å². The first kappa shape index (κ1) is 13.8. The molecule has 2 aromatic heterocycles. The fraction of sp³-hybridized carbons (Fsp3) is 0.438. The molecule has 5 heteroatoms. The first-order valence-corrected chi connectivity index (χ1v) is 7.31. The molecule has 21 heavy (non-hydrogen) atoms. The largest absolute Gasteiger partial charge is 0.336 e. The Hall–Kier alpha value is -2.19. The van der Waals surface area contributed by atoms with Crippen LogP contribution in [0.25, 0.3) is 11.4 Å². The molecule has 0 aromatic carbocycles. The minimum absolute atomic E-state index is 0.616. The van der Waals surface area contributed by atoms with Gasteiger partial charge < -0.3 is 9.47 Å². The van der Waals surface area contributed by atoms with E-state index in [0.29, 0.717) is 5.56 Å². The predicted molar refractivity (Wildman–Crippen MR) is 80.4 cm³/mol. The van der Waals surface area contributed by atoms with E-state index in [9.17, 15) is 0 Å². The second-order valence-corrected chi connectivity index (χ2v) is 5.74. The summed E-state index contributed by atoms with van der Waals surface area (Å²) in [5, 5.41) is 8.94. The Morgan fingerprint density at radius 1 is 1.29 bits per heavy atom. The number of hydrogen-bond acceptors (Lipinski definition) is 4. The Bertz CT molecular complexity index is 647. The summed E-state index contributed by atoms with van der Waals surface area (Å²) in [5.74, 6) is 0.724. The number of likely N-dealkylation sites (tertiary alicyclic amines) is 1. The van der Waals surface area contributed by atoms with E-state index >= 15 is 0 Å². The van der Waals surface area contributed by atoms with Crippen LogP contribution in [0.4, 0.5) is 0 Å². The van der Waals surface area contributed by atoms with Gasteiger partial charge in [-0.25, -0.2) is 4.98 Å². The Morgan fingerprint density at radius 3 is 2.86 bits per heavy atom. The molecule has 0 aliphatic carbocycles. The molecule has 5 nitrogen and oxygen atoms in total. The molecule has 1 aliphatic heterocycles. The van der Waals surface area contributed by atoms with Crippen molar-refractivity contribution in [3.05, 3.63) is 36.4 Å². The predicted octanol–water partition coefficient (Wildman–Crippen LogP) is 2.16. The Labute approximate surface area is 124 Å². The van der Waals surface area contributed by atoms with Gasteiger partial charge >= 0.3 is 0 Å². The van der Waals surface area contributed by atoms with Crippen LogP contribution >= 0.6 is 0 Å². The van der Waals surface area contributed by atoms with Gasteiger partial charge in [0.25, 0.3) is 0 Å². The van der Waals surface area contributed by atoms with Gasteiger partial charge in [0.15, 0.2) is 0 Å². The molecule has 0 N–H and O–H groups in total. The minimum atomic E-state index is 0.616. The number of rotatable bonds is 3. The summed E-state index contributed by atoms with van der Waals surface area (Å²) in [6.45, 7) is 3.37. The van der Waals surface area contributed by atoms with Crippen LogP contribution in [0.5, 0.6) is 0 Å². The van der Waals surface area contributed by atoms with Crippen LogP contribution in [-0.2, 0) is 6.54 Å². The van der Waals surface area contributed by atoms with Crippen LogP contribution < -0.4 is 0 Å². The summed E-state index contributed by atoms with van der Waals surface area (Å²) in [4.78, 5) is 11.1. The van der Waals surface area contributed by atoms with Gasteiger partial charge in [-0.3, -0.25) is 4.98 Å². The maximum Gasteiger partial charge on any atom is 0.107 e. The molecular weight excluding hydrogens is 262 g/mol. The first-order valence-electron chi connectivity index (χ1n) is 7.31. The standard InChI is InChI=1S/C16H19N5/c1-20-6-3-13(4-7-20)10-21-11-16(19-12-21)15-8-14(9-17)2-5-18-15/h2,5,8,11-13H,3-4,6-7,10H2,1H3. The van der Waals surface area contributed by atoms with Crippen molar-refractivity contribution in [1.29, 1.82) is 5.26 Å². The second kappa shape index (κ2) is 6.06. The van der Waals surface area contributed by atoms with Crippen molar-refractivity contribution in [2.24, 2.45) is 5.92 Å². The van der Waals surface area contributed by atoms with Crippen LogP contribution in [0.2, 0.25) is 0 Å². The zero-order valence-corrected chi connectivity index (χ0v) is 12.2. The van der Waals surface area contributed by atoms with Gasteiger partial charge in [-0.1, -0.05) is 0 Å². The summed E-state index contributed by atoms with van der Waals surface area (Å²) in [6, 6.07) is 5.62. The highest BCUT2D eigenvalue weighted by Crippen LogP contribution is 2.20. The molecule has 3 rings (SSSR count). The molecule has 1 saturated heterocycles. The van der Waals surface area contributed by atoms with Crippen LogP contribution in [0.15, 0.2) is 30.9 Å². The molecule has 0 spiro atoms. The fourth-order valence-corrected chi connectivity index (χ4v) is 2.78. The summed E-state index contributed by atoms with van der Waals surface area (Å²) in [7, 11) is 2.18. The third-order valence-corrected chi connectivity index (χ3v) is 4.09. The van der Waals surface area contributed by atoms with Gasteiger partial charge in [0, 0.05) is 18.9 Å². The normalized spacial score (nSPS) is 16.8. The van der Waals surface area contributed by atoms with Gasteiger partial charge in [0.05, 0.1) is 23.7 Å². The van der Waals surface area contributed by atoms with Crippen molar-refractivity contribution in [3.63, 3.8) is 0 Å². The Morgan fingerprint density at radius 2 is 2.10 bits per heavy atom. The van der Waals surface area contributed by atoms with Crippen molar-refractivity contribution in [2.45, 2.75) is 19.4 Å². The van der Waals surface area contributed by atoms with E-state index in [1.807, 2.05) is 12.5 Å². The minimum Gasteiger partial charge on any atom is -0.336 e. The van der Waals surface area contributed by atoms with E-state index in [-0.39, 0.29) is 0 Å². The highest BCUT2D eigenvalue weighted by molar-refractivity contribution is 5.55. The third kappa shape index (κ3) is 3.29. The van der Waals surface area contributed by atoms with Gasteiger partial charge in [0.1, 0.15) is 5.69 Å². The number of nitrogens with zero attached hydrogens (tertiary/aromatic N) is 5. The molecule has 1 fully saturated rings. The van der Waals surface area contributed by atoms with Gasteiger partial charge in [-0.05, 0) is 51.0 Å². The second-order valence-electron chi connectivity index (χ2n) is 5.74. The third-order valence-electron chi connectivity index (χ3n) is 4.09. The van der Waals surface area contributed by atoms with Gasteiger partial charge in [-0.2, -0.15) is 5.26 Å². The summed E-state index contributed by atoms with van der Waals surface area (Å²) >= 11 is 0. The molecule has 0 unspecified atom stereocenters. The summed E-state index contributed by atoms with van der Waals surface area (Å²) in [5.41, 5.74) is 2.21. The lowest BCUT2D eigenvalue weighted by atomic mass is 9.97. The number of pyridine rings is 1. The topological polar surface area (TPSA) is 57.7 Å². The molecule has 0 saturated carbocycles. The average molecular weight is 281 g/mol. The number of hydrogen-bond donors (Lipinski definition) is 0. The van der Waals surface area contributed by atoms with Crippen LogP contribution in [0.1, 0.15) is 18.4 Å². The van der Waals surface area contributed by atoms with Crippen LogP contribution in [0, 0.1) is 17.2 Å². The lowest BCUT2D eigenvalue weighted by molar-refractivity contribution is 0.205. The van der Waals surface area contributed by atoms with Crippen molar-refractivity contribution in [2.75, 3.05) is 20.1 Å². The molecule has 108 valence electrons. The lowest BCUT2D eigenvalue weighted by Crippen LogP contribution is -2.31. The number of aromatic nitrogens is 3. The molecule has 0 atom stereocenters. The molecular formula is C16H19N5. The highest BCUT2D eigenvalue weighted by Gasteiger charge is 2.17. The summed E-state index contributed by atoms with van der Waals surface area (Å²) in [6.07, 6.45) is 8.04. The Kier molecular flexibility index (Phi) is 3.98. The number of imidazole rings is 1. The molecule has 2 aromatic rings. The van der Waals surface area contributed by atoms with Crippen LogP contribution in [0.3, 0.4) is 0 Å². The van der Waals surface area contributed by atoms with Crippen LogP contribution in [-0.4, -0.2) is 39.6 Å². The number of nitriles is 1. The van der Waals surface area contributed by atoms with E-state index in [0.717, 1.165) is 23.9 Å². The van der Waals surface area contributed by atoms with Gasteiger partial charge in [-0.15, -0.1) is 0 Å². The maximum absolute atomic E-state index is 8.94. The average Bonchev–Trinajstić information content (AvgIpc) is 2.98. The van der Waals surface area contributed by atoms with E-state index in [4.69, 9.17) is 5.26 Å². The zero-order chi connectivity index (χ0) is 14.7. The molecule has 3 heterocycles. The highest BCUT2D eigenvalue weighted by atomic mass is 15.1. The molecule has 1 aliphatic rings. The van der Waals surface area contributed by atoms with E-state index in [1.54, 1.807) is 18.3 Å². The quantitative estimate of drug-likeness (QED) is 0.865. The SMILES string of the molecule is CN1CCC(Cn2cnc(-c3cc(C#N)ccn3)c2)CC1. The van der Waals surface area contributed by atoms with Crippen molar-refractivity contribution < 1.29 is 0 Å². The molecule has 0 amide bonds. The van der Waals surface area contributed by atoms with Crippen molar-refractivity contribution in [3.8, 4) is 17.5 Å². The lowest BCUT2D eigenvalue weighted by Gasteiger charge is -2.28. The number of piperidine rings is 1. The molecule has 0 radical (unpaired) electrons. The van der Waals surface area contributed by atoms with E-state index in [2.05, 4.69) is 32.6 Å². The summed E-state index contributed by atoms with van der Waals surface area (Å²) < 4.78 is 2.14. The monoisotopic (exact) mass is 281 g/mol. The maximum atomic E-state index is 8.94. The first-order chi connectivity index (χ1) is 10.2.